The lowest BCUT2D eigenvalue weighted by Crippen LogP contribution is -2.56. The molecule has 1 aromatic carbocycles. The van der Waals surface area contributed by atoms with Crippen molar-refractivity contribution in [3.8, 4) is 0 Å². The van der Waals surface area contributed by atoms with E-state index in [0.29, 0.717) is 25.1 Å². The van der Waals surface area contributed by atoms with Crippen molar-refractivity contribution in [3.63, 3.8) is 0 Å². The topological polar surface area (TPSA) is 75.4 Å². The van der Waals surface area contributed by atoms with Crippen molar-refractivity contribution >= 4 is 40.7 Å². The number of nitrogens with one attached hydrogen (secondary N) is 1. The number of anilines is 1. The molecule has 1 aromatic rings. The summed E-state index contributed by atoms with van der Waals surface area (Å²) in [4.78, 5) is 25.8. The Balaban J connectivity index is 2.33. The fourth-order valence-electron chi connectivity index (χ4n) is 2.26. The maximum Gasteiger partial charge on any atom is 0.254 e. The number of halogens is 2. The predicted octanol–water partition coefficient (Wildman–Crippen LogP) is 1.93. The van der Waals surface area contributed by atoms with Crippen molar-refractivity contribution in [2.45, 2.75) is 19.4 Å². The van der Waals surface area contributed by atoms with E-state index in [-0.39, 0.29) is 27.5 Å². The van der Waals surface area contributed by atoms with Gasteiger partial charge in [0.1, 0.15) is 6.04 Å². The summed E-state index contributed by atoms with van der Waals surface area (Å²) in [6.45, 7) is 2.76. The van der Waals surface area contributed by atoms with Crippen LogP contribution in [0.15, 0.2) is 12.1 Å². The summed E-state index contributed by atoms with van der Waals surface area (Å²) in [7, 11) is 0. The summed E-state index contributed by atoms with van der Waals surface area (Å²) >= 11 is 11.8. The van der Waals surface area contributed by atoms with Crippen molar-refractivity contribution in [2.24, 2.45) is 0 Å². The van der Waals surface area contributed by atoms with Gasteiger partial charge in [-0.05, 0) is 18.6 Å². The van der Waals surface area contributed by atoms with Gasteiger partial charge in [-0.3, -0.25) is 9.59 Å². The number of nitrogens with two attached hydrogens (primary N) is 1. The third kappa shape index (κ3) is 2.69. The highest BCUT2D eigenvalue weighted by Gasteiger charge is 2.32. The first-order valence-corrected chi connectivity index (χ1v) is 7.04. The molecule has 7 heteroatoms. The number of hydrogen-bond donors (Lipinski definition) is 2. The summed E-state index contributed by atoms with van der Waals surface area (Å²) in [6.07, 6.45) is 0.550. The molecule has 1 unspecified atom stereocenters. The molecule has 2 amide bonds. The SMILES string of the molecule is CCC1C(=O)NCCN1C(=O)c1cc(N)c(Cl)c(Cl)c1. The van der Waals surface area contributed by atoms with Gasteiger partial charge in [-0.2, -0.15) is 0 Å². The first-order valence-electron chi connectivity index (χ1n) is 6.29. The molecule has 1 aliphatic rings. The highest BCUT2D eigenvalue weighted by molar-refractivity contribution is 6.43. The Morgan fingerprint density at radius 1 is 1.50 bits per heavy atom. The summed E-state index contributed by atoms with van der Waals surface area (Å²) in [5, 5.41) is 3.20. The number of piperazine rings is 1. The molecule has 0 spiro atoms. The van der Waals surface area contributed by atoms with E-state index in [0.717, 1.165) is 0 Å². The zero-order chi connectivity index (χ0) is 14.9. The predicted molar refractivity (Wildman–Crippen MR) is 79.0 cm³/mol. The van der Waals surface area contributed by atoms with E-state index in [1.165, 1.54) is 17.0 Å². The van der Waals surface area contributed by atoms with Crippen LogP contribution in [0.25, 0.3) is 0 Å². The second-order valence-corrected chi connectivity index (χ2v) is 5.36. The summed E-state index contributed by atoms with van der Waals surface area (Å²) in [6, 6.07) is 2.49. The summed E-state index contributed by atoms with van der Waals surface area (Å²) < 4.78 is 0. The van der Waals surface area contributed by atoms with Gasteiger partial charge in [0.05, 0.1) is 15.7 Å². The number of benzene rings is 1. The van der Waals surface area contributed by atoms with Gasteiger partial charge in [0, 0.05) is 18.7 Å². The van der Waals surface area contributed by atoms with E-state index in [1.807, 2.05) is 6.92 Å². The normalized spacial score (nSPS) is 18.9. The molecular weight excluding hydrogens is 301 g/mol. The first-order chi connectivity index (χ1) is 9.45. The van der Waals surface area contributed by atoms with E-state index in [1.54, 1.807) is 0 Å². The number of amides is 2. The third-order valence-electron chi connectivity index (χ3n) is 3.28. The first kappa shape index (κ1) is 14.9. The Bertz CT molecular complexity index is 540. The molecule has 0 radical (unpaired) electrons. The Morgan fingerprint density at radius 2 is 2.20 bits per heavy atom. The van der Waals surface area contributed by atoms with Crippen LogP contribution in [0.3, 0.4) is 0 Å². The Labute approximate surface area is 127 Å². The average Bonchev–Trinajstić information content (AvgIpc) is 2.43. The monoisotopic (exact) mass is 315 g/mol. The molecule has 1 atom stereocenters. The van der Waals surface area contributed by atoms with Crippen molar-refractivity contribution in [2.75, 3.05) is 18.8 Å². The van der Waals surface area contributed by atoms with Crippen molar-refractivity contribution < 1.29 is 9.59 Å². The smallest absolute Gasteiger partial charge is 0.254 e. The molecule has 20 heavy (non-hydrogen) atoms. The van der Waals surface area contributed by atoms with E-state index in [2.05, 4.69) is 5.32 Å². The Morgan fingerprint density at radius 3 is 2.80 bits per heavy atom. The van der Waals surface area contributed by atoms with Gasteiger partial charge >= 0.3 is 0 Å². The third-order valence-corrected chi connectivity index (χ3v) is 4.10. The van der Waals surface area contributed by atoms with Gasteiger partial charge in [-0.25, -0.2) is 0 Å². The van der Waals surface area contributed by atoms with E-state index in [4.69, 9.17) is 28.9 Å². The number of rotatable bonds is 2. The van der Waals surface area contributed by atoms with E-state index >= 15 is 0 Å². The van der Waals surface area contributed by atoms with Crippen LogP contribution in [0.4, 0.5) is 5.69 Å². The van der Waals surface area contributed by atoms with Crippen LogP contribution in [-0.4, -0.2) is 35.8 Å². The molecule has 1 saturated heterocycles. The van der Waals surface area contributed by atoms with Gasteiger partial charge in [-0.15, -0.1) is 0 Å². The van der Waals surface area contributed by atoms with Crippen LogP contribution in [0.1, 0.15) is 23.7 Å². The van der Waals surface area contributed by atoms with Gasteiger partial charge < -0.3 is 16.0 Å². The van der Waals surface area contributed by atoms with Gasteiger partial charge in [-0.1, -0.05) is 30.1 Å². The van der Waals surface area contributed by atoms with Crippen LogP contribution < -0.4 is 11.1 Å². The highest BCUT2D eigenvalue weighted by Crippen LogP contribution is 2.30. The largest absolute Gasteiger partial charge is 0.397 e. The molecule has 3 N–H and O–H groups in total. The second kappa shape index (κ2) is 5.89. The molecule has 1 fully saturated rings. The van der Waals surface area contributed by atoms with Gasteiger partial charge in [0.15, 0.2) is 0 Å². The van der Waals surface area contributed by atoms with Gasteiger partial charge in [0.25, 0.3) is 5.91 Å². The molecule has 5 nitrogen and oxygen atoms in total. The minimum atomic E-state index is -0.466. The maximum atomic E-state index is 12.5. The number of nitrogens with zero attached hydrogens (tertiary/aromatic N) is 1. The molecule has 1 aliphatic heterocycles. The number of carbonyl (C=O) groups excluding carboxylic acids is 2. The molecule has 0 aliphatic carbocycles. The summed E-state index contributed by atoms with van der Waals surface area (Å²) in [5.74, 6) is -0.405. The number of carbonyl (C=O) groups is 2. The summed E-state index contributed by atoms with van der Waals surface area (Å²) in [5.41, 5.74) is 6.30. The molecular formula is C13H15Cl2N3O2. The molecule has 108 valence electrons. The lowest BCUT2D eigenvalue weighted by molar-refractivity contribution is -0.127. The van der Waals surface area contributed by atoms with E-state index in [9.17, 15) is 9.59 Å². The van der Waals surface area contributed by atoms with Crippen LogP contribution >= 0.6 is 23.2 Å². The Kier molecular flexibility index (Phi) is 4.40. The van der Waals surface area contributed by atoms with Crippen LogP contribution in [0.2, 0.25) is 10.0 Å². The lowest BCUT2D eigenvalue weighted by atomic mass is 10.1. The van der Waals surface area contributed by atoms with E-state index < -0.39 is 6.04 Å². The molecule has 2 rings (SSSR count). The minimum Gasteiger partial charge on any atom is -0.397 e. The van der Waals surface area contributed by atoms with Crippen molar-refractivity contribution in [1.29, 1.82) is 0 Å². The Hall–Kier alpha value is -1.46. The number of nitrogen functional groups attached to an aromatic ring is 1. The molecule has 0 aromatic heterocycles. The molecule has 0 bridgehead atoms. The highest BCUT2D eigenvalue weighted by atomic mass is 35.5. The molecule has 0 saturated carbocycles. The standard InChI is InChI=1S/C13H15Cl2N3O2/c1-2-10-12(19)17-3-4-18(10)13(20)7-5-8(14)11(15)9(16)6-7/h5-6,10H,2-4,16H2,1H3,(H,17,19). The molecule has 1 heterocycles. The number of hydrogen-bond acceptors (Lipinski definition) is 3. The average molecular weight is 316 g/mol. The maximum absolute atomic E-state index is 12.5. The van der Waals surface area contributed by atoms with Crippen LogP contribution in [-0.2, 0) is 4.79 Å². The minimum absolute atomic E-state index is 0.139. The fraction of sp³-hybridized carbons (Fsp3) is 0.385. The second-order valence-electron chi connectivity index (χ2n) is 4.57. The zero-order valence-corrected chi connectivity index (χ0v) is 12.5. The van der Waals surface area contributed by atoms with Crippen LogP contribution in [0, 0.1) is 0 Å². The zero-order valence-electron chi connectivity index (χ0n) is 11.0. The lowest BCUT2D eigenvalue weighted by Gasteiger charge is -2.34. The fourth-order valence-corrected chi connectivity index (χ4v) is 2.60. The van der Waals surface area contributed by atoms with Crippen molar-refractivity contribution in [3.05, 3.63) is 27.7 Å². The van der Waals surface area contributed by atoms with Gasteiger partial charge in [0.2, 0.25) is 5.91 Å². The van der Waals surface area contributed by atoms with Crippen molar-refractivity contribution in [1.82, 2.24) is 10.2 Å². The quantitative estimate of drug-likeness (QED) is 0.819. The van der Waals surface area contributed by atoms with Crippen LogP contribution in [0.5, 0.6) is 0 Å².